The number of anilines is 1. The lowest BCUT2D eigenvalue weighted by atomic mass is 10.2. The molecule has 1 atom stereocenters. The van der Waals surface area contributed by atoms with Crippen molar-refractivity contribution < 1.29 is 9.53 Å². The van der Waals surface area contributed by atoms with Crippen LogP contribution >= 0.6 is 11.3 Å². The molecule has 5 heteroatoms. The molecule has 1 unspecified atom stereocenters. The SMILES string of the molecule is CCCC(C)N(C)c1nc(CC(=O)OC)cs1. The second-order valence-corrected chi connectivity index (χ2v) is 4.96. The predicted molar refractivity (Wildman–Crippen MR) is 70.6 cm³/mol. The van der Waals surface area contributed by atoms with Crippen molar-refractivity contribution in [3.05, 3.63) is 11.1 Å². The van der Waals surface area contributed by atoms with E-state index in [1.807, 2.05) is 12.4 Å². The summed E-state index contributed by atoms with van der Waals surface area (Å²) in [5, 5.41) is 2.88. The fourth-order valence-corrected chi connectivity index (χ4v) is 2.45. The lowest BCUT2D eigenvalue weighted by molar-refractivity contribution is -0.139. The van der Waals surface area contributed by atoms with E-state index in [-0.39, 0.29) is 12.4 Å². The summed E-state index contributed by atoms with van der Waals surface area (Å²) in [5.41, 5.74) is 0.785. The van der Waals surface area contributed by atoms with E-state index in [0.29, 0.717) is 6.04 Å². The fraction of sp³-hybridized carbons (Fsp3) is 0.667. The van der Waals surface area contributed by atoms with Crippen LogP contribution in [-0.2, 0) is 16.0 Å². The molecule has 1 aromatic rings. The standard InChI is InChI=1S/C12H20N2O2S/c1-5-6-9(2)14(3)12-13-10(8-17-12)7-11(15)16-4/h8-9H,5-7H2,1-4H3. The molecular weight excluding hydrogens is 236 g/mol. The molecule has 0 saturated carbocycles. The van der Waals surface area contributed by atoms with Gasteiger partial charge in [-0.1, -0.05) is 13.3 Å². The zero-order valence-electron chi connectivity index (χ0n) is 10.9. The summed E-state index contributed by atoms with van der Waals surface area (Å²) < 4.78 is 4.62. The van der Waals surface area contributed by atoms with Gasteiger partial charge < -0.3 is 9.64 Å². The molecule has 1 aromatic heterocycles. The predicted octanol–water partition coefficient (Wildman–Crippen LogP) is 2.48. The highest BCUT2D eigenvalue weighted by molar-refractivity contribution is 7.13. The van der Waals surface area contributed by atoms with Crippen molar-refractivity contribution in [2.45, 2.75) is 39.2 Å². The van der Waals surface area contributed by atoms with Crippen LogP contribution < -0.4 is 4.90 Å². The number of esters is 1. The van der Waals surface area contributed by atoms with Crippen LogP contribution in [-0.4, -0.2) is 31.2 Å². The minimum atomic E-state index is -0.244. The molecule has 0 bridgehead atoms. The third kappa shape index (κ3) is 4.00. The molecule has 0 N–H and O–H groups in total. The minimum Gasteiger partial charge on any atom is -0.469 e. The summed E-state index contributed by atoms with van der Waals surface area (Å²) in [4.78, 5) is 17.7. The summed E-state index contributed by atoms with van der Waals surface area (Å²) in [7, 11) is 3.44. The van der Waals surface area contributed by atoms with Gasteiger partial charge >= 0.3 is 5.97 Å². The third-order valence-corrected chi connectivity index (χ3v) is 3.74. The third-order valence-electron chi connectivity index (χ3n) is 2.76. The van der Waals surface area contributed by atoms with Crippen LogP contribution in [0.3, 0.4) is 0 Å². The van der Waals surface area contributed by atoms with Crippen molar-refractivity contribution in [1.82, 2.24) is 4.98 Å². The van der Waals surface area contributed by atoms with Gasteiger partial charge in [0.2, 0.25) is 0 Å². The van der Waals surface area contributed by atoms with Crippen LogP contribution in [0.4, 0.5) is 5.13 Å². The molecule has 0 amide bonds. The summed E-state index contributed by atoms with van der Waals surface area (Å²) in [6.45, 7) is 4.36. The zero-order chi connectivity index (χ0) is 12.8. The molecule has 0 aliphatic rings. The van der Waals surface area contributed by atoms with E-state index in [1.54, 1.807) is 11.3 Å². The van der Waals surface area contributed by atoms with E-state index < -0.39 is 0 Å². The Labute approximate surface area is 107 Å². The van der Waals surface area contributed by atoms with E-state index in [2.05, 4.69) is 28.5 Å². The maximum Gasteiger partial charge on any atom is 0.311 e. The Balaban J connectivity index is 2.63. The molecule has 0 aliphatic heterocycles. The first-order valence-electron chi connectivity index (χ1n) is 5.82. The van der Waals surface area contributed by atoms with Crippen LogP contribution in [0, 0.1) is 0 Å². The molecule has 0 spiro atoms. The zero-order valence-corrected chi connectivity index (χ0v) is 11.7. The number of carbonyl (C=O) groups is 1. The van der Waals surface area contributed by atoms with Gasteiger partial charge in [0.1, 0.15) is 0 Å². The van der Waals surface area contributed by atoms with E-state index in [4.69, 9.17) is 0 Å². The van der Waals surface area contributed by atoms with Gasteiger partial charge in [-0.15, -0.1) is 11.3 Å². The number of thiazole rings is 1. The second kappa shape index (κ2) is 6.59. The summed E-state index contributed by atoms with van der Waals surface area (Å²) in [5.74, 6) is -0.244. The van der Waals surface area contributed by atoms with Gasteiger partial charge in [0.15, 0.2) is 5.13 Å². The van der Waals surface area contributed by atoms with E-state index in [9.17, 15) is 4.79 Å². The summed E-state index contributed by atoms with van der Waals surface area (Å²) in [6.07, 6.45) is 2.55. The number of rotatable bonds is 6. The van der Waals surface area contributed by atoms with E-state index >= 15 is 0 Å². The highest BCUT2D eigenvalue weighted by Gasteiger charge is 2.14. The molecule has 17 heavy (non-hydrogen) atoms. The largest absolute Gasteiger partial charge is 0.469 e. The number of ether oxygens (including phenoxy) is 1. The summed E-state index contributed by atoms with van der Waals surface area (Å²) >= 11 is 1.57. The topological polar surface area (TPSA) is 42.4 Å². The Morgan fingerprint density at radius 1 is 1.65 bits per heavy atom. The van der Waals surface area contributed by atoms with Gasteiger partial charge in [0.25, 0.3) is 0 Å². The first-order chi connectivity index (χ1) is 8.08. The lowest BCUT2D eigenvalue weighted by Gasteiger charge is -2.23. The van der Waals surface area contributed by atoms with Gasteiger partial charge in [0, 0.05) is 18.5 Å². The minimum absolute atomic E-state index is 0.244. The van der Waals surface area contributed by atoms with Crippen LogP contribution in [0.15, 0.2) is 5.38 Å². The van der Waals surface area contributed by atoms with Gasteiger partial charge in [-0.05, 0) is 13.3 Å². The number of nitrogens with zero attached hydrogens (tertiary/aromatic N) is 2. The van der Waals surface area contributed by atoms with Crippen molar-refractivity contribution in [2.24, 2.45) is 0 Å². The Kier molecular flexibility index (Phi) is 5.41. The maximum absolute atomic E-state index is 11.1. The number of hydrogen-bond acceptors (Lipinski definition) is 5. The van der Waals surface area contributed by atoms with Crippen molar-refractivity contribution in [3.8, 4) is 0 Å². The van der Waals surface area contributed by atoms with Crippen LogP contribution in [0.5, 0.6) is 0 Å². The molecule has 1 heterocycles. The normalized spacial score (nSPS) is 12.2. The van der Waals surface area contributed by atoms with Crippen molar-refractivity contribution in [2.75, 3.05) is 19.1 Å². The molecule has 1 rings (SSSR count). The lowest BCUT2D eigenvalue weighted by Crippen LogP contribution is -2.28. The van der Waals surface area contributed by atoms with Gasteiger partial charge in [-0.2, -0.15) is 0 Å². The van der Waals surface area contributed by atoms with E-state index in [0.717, 1.165) is 23.7 Å². The van der Waals surface area contributed by atoms with Crippen LogP contribution in [0.25, 0.3) is 0 Å². The molecule has 0 aliphatic carbocycles. The van der Waals surface area contributed by atoms with E-state index in [1.165, 1.54) is 7.11 Å². The Bertz CT molecular complexity index is 365. The van der Waals surface area contributed by atoms with Crippen LogP contribution in [0.2, 0.25) is 0 Å². The fourth-order valence-electron chi connectivity index (χ4n) is 1.56. The highest BCUT2D eigenvalue weighted by Crippen LogP contribution is 2.22. The molecule has 96 valence electrons. The van der Waals surface area contributed by atoms with Crippen molar-refractivity contribution >= 4 is 22.4 Å². The smallest absolute Gasteiger partial charge is 0.311 e. The van der Waals surface area contributed by atoms with Crippen LogP contribution in [0.1, 0.15) is 32.4 Å². The average Bonchev–Trinajstić information content (AvgIpc) is 2.76. The molecule has 0 fully saturated rings. The average molecular weight is 256 g/mol. The van der Waals surface area contributed by atoms with Gasteiger partial charge in [0.05, 0.1) is 19.2 Å². The molecule has 0 saturated heterocycles. The van der Waals surface area contributed by atoms with Gasteiger partial charge in [-0.3, -0.25) is 4.79 Å². The van der Waals surface area contributed by atoms with Crippen molar-refractivity contribution in [1.29, 1.82) is 0 Å². The quantitative estimate of drug-likeness (QED) is 0.733. The van der Waals surface area contributed by atoms with Crippen molar-refractivity contribution in [3.63, 3.8) is 0 Å². The molecular formula is C12H20N2O2S. The number of methoxy groups -OCH3 is 1. The molecule has 0 radical (unpaired) electrons. The number of carbonyl (C=O) groups excluding carboxylic acids is 1. The Hall–Kier alpha value is -1.10. The number of hydrogen-bond donors (Lipinski definition) is 0. The second-order valence-electron chi connectivity index (χ2n) is 4.12. The monoisotopic (exact) mass is 256 g/mol. The first-order valence-corrected chi connectivity index (χ1v) is 6.70. The van der Waals surface area contributed by atoms with Gasteiger partial charge in [-0.25, -0.2) is 4.98 Å². The molecule has 4 nitrogen and oxygen atoms in total. The maximum atomic E-state index is 11.1. The molecule has 0 aromatic carbocycles. The summed E-state index contributed by atoms with van der Waals surface area (Å²) in [6, 6.07) is 0.470. The Morgan fingerprint density at radius 2 is 2.35 bits per heavy atom. The highest BCUT2D eigenvalue weighted by atomic mass is 32.1. The Morgan fingerprint density at radius 3 is 2.94 bits per heavy atom. The first kappa shape index (κ1) is 14.0. The number of aromatic nitrogens is 1.